The van der Waals surface area contributed by atoms with Crippen LogP contribution >= 0.6 is 12.2 Å². The zero-order valence-electron chi connectivity index (χ0n) is 17.0. The van der Waals surface area contributed by atoms with Gasteiger partial charge in [0.1, 0.15) is 6.54 Å². The number of hydrogen-bond donors (Lipinski definition) is 2. The largest absolute Gasteiger partial charge is 0.493 e. The molecule has 5 nitrogen and oxygen atoms in total. The Hall–Kier alpha value is -1.53. The molecule has 1 saturated heterocycles. The van der Waals surface area contributed by atoms with E-state index in [0.29, 0.717) is 6.04 Å². The van der Waals surface area contributed by atoms with Crippen molar-refractivity contribution < 1.29 is 14.4 Å². The molecule has 0 aromatic heterocycles. The summed E-state index contributed by atoms with van der Waals surface area (Å²) in [4.78, 5) is 3.96. The highest BCUT2D eigenvalue weighted by Gasteiger charge is 2.24. The van der Waals surface area contributed by atoms with E-state index in [0.717, 1.165) is 49.3 Å². The minimum atomic E-state index is 0.589. The molecule has 1 saturated carbocycles. The SMILES string of the molecule is COc1cc(C)c(C[NH+]2CCN(C(=S)NC3CCCCC3)CC2)cc1OC. The first-order valence-electron chi connectivity index (χ1n) is 10.2. The van der Waals surface area contributed by atoms with Crippen molar-refractivity contribution in [3.8, 4) is 11.5 Å². The average Bonchev–Trinajstić information content (AvgIpc) is 2.70. The summed E-state index contributed by atoms with van der Waals surface area (Å²) in [5.41, 5.74) is 2.59. The van der Waals surface area contributed by atoms with Gasteiger partial charge in [-0.25, -0.2) is 0 Å². The van der Waals surface area contributed by atoms with E-state index < -0.39 is 0 Å². The molecule has 3 rings (SSSR count). The molecule has 2 N–H and O–H groups in total. The van der Waals surface area contributed by atoms with Gasteiger partial charge in [-0.2, -0.15) is 0 Å². The van der Waals surface area contributed by atoms with Gasteiger partial charge < -0.3 is 24.6 Å². The summed E-state index contributed by atoms with van der Waals surface area (Å²) in [5.74, 6) is 1.62. The van der Waals surface area contributed by atoms with E-state index in [2.05, 4.69) is 29.3 Å². The molecule has 0 unspecified atom stereocenters. The highest BCUT2D eigenvalue weighted by atomic mass is 32.1. The first-order valence-corrected chi connectivity index (χ1v) is 10.6. The molecule has 1 aliphatic heterocycles. The standard InChI is InChI=1S/C21H33N3O2S/c1-16-13-19(25-2)20(26-3)14-17(16)15-23-9-11-24(12-10-23)21(27)22-18-7-5-4-6-8-18/h13-14,18H,4-12,15H2,1-3H3,(H,22,27)/p+1. The number of aryl methyl sites for hydroxylation is 1. The van der Waals surface area contributed by atoms with Gasteiger partial charge in [-0.1, -0.05) is 19.3 Å². The van der Waals surface area contributed by atoms with Crippen LogP contribution in [-0.4, -0.2) is 56.5 Å². The molecule has 0 radical (unpaired) electrons. The van der Waals surface area contributed by atoms with Crippen molar-refractivity contribution in [3.63, 3.8) is 0 Å². The summed E-state index contributed by atoms with van der Waals surface area (Å²) in [7, 11) is 3.38. The summed E-state index contributed by atoms with van der Waals surface area (Å²) < 4.78 is 10.9. The second-order valence-electron chi connectivity index (χ2n) is 7.83. The Morgan fingerprint density at radius 3 is 2.37 bits per heavy atom. The Morgan fingerprint density at radius 2 is 1.74 bits per heavy atom. The van der Waals surface area contributed by atoms with Crippen molar-refractivity contribution in [3.05, 3.63) is 23.3 Å². The first-order chi connectivity index (χ1) is 13.1. The number of thiocarbonyl (C=S) groups is 1. The van der Waals surface area contributed by atoms with Gasteiger partial charge >= 0.3 is 0 Å². The Balaban J connectivity index is 1.51. The molecule has 2 aliphatic rings. The summed E-state index contributed by atoms with van der Waals surface area (Å²) in [6, 6.07) is 4.79. The fraction of sp³-hybridized carbons (Fsp3) is 0.667. The molecule has 6 heteroatoms. The normalized spacial score (nSPS) is 19.0. The van der Waals surface area contributed by atoms with E-state index in [9.17, 15) is 0 Å². The molecule has 0 spiro atoms. The molecule has 1 aromatic rings. The van der Waals surface area contributed by atoms with Crippen molar-refractivity contribution in [1.82, 2.24) is 10.2 Å². The van der Waals surface area contributed by atoms with Crippen molar-refractivity contribution in [2.24, 2.45) is 0 Å². The monoisotopic (exact) mass is 392 g/mol. The lowest BCUT2D eigenvalue weighted by molar-refractivity contribution is -0.917. The van der Waals surface area contributed by atoms with E-state index >= 15 is 0 Å². The number of hydrogen-bond acceptors (Lipinski definition) is 3. The van der Waals surface area contributed by atoms with Gasteiger partial charge in [-0.05, 0) is 49.7 Å². The van der Waals surface area contributed by atoms with Crippen LogP contribution in [0.3, 0.4) is 0 Å². The van der Waals surface area contributed by atoms with Gasteiger partial charge in [-0.3, -0.25) is 0 Å². The second kappa shape index (κ2) is 9.60. The molecule has 150 valence electrons. The van der Waals surface area contributed by atoms with E-state index in [-0.39, 0.29) is 0 Å². The third kappa shape index (κ3) is 5.26. The molecule has 27 heavy (non-hydrogen) atoms. The van der Waals surface area contributed by atoms with E-state index in [1.807, 2.05) is 0 Å². The van der Waals surface area contributed by atoms with Gasteiger partial charge in [0.2, 0.25) is 0 Å². The van der Waals surface area contributed by atoms with Crippen LogP contribution in [-0.2, 0) is 6.54 Å². The summed E-state index contributed by atoms with van der Waals surface area (Å²) in [6.07, 6.45) is 6.59. The zero-order chi connectivity index (χ0) is 19.2. The Kier molecular flexibility index (Phi) is 7.19. The lowest BCUT2D eigenvalue weighted by atomic mass is 9.96. The van der Waals surface area contributed by atoms with Gasteiger partial charge in [-0.15, -0.1) is 0 Å². The van der Waals surface area contributed by atoms with Crippen LogP contribution in [0.2, 0.25) is 0 Å². The van der Waals surface area contributed by atoms with Crippen molar-refractivity contribution >= 4 is 17.3 Å². The van der Waals surface area contributed by atoms with Crippen LogP contribution in [0.4, 0.5) is 0 Å². The molecule has 2 fully saturated rings. The highest BCUT2D eigenvalue weighted by Crippen LogP contribution is 2.29. The predicted molar refractivity (Wildman–Crippen MR) is 113 cm³/mol. The molecule has 1 aliphatic carbocycles. The minimum absolute atomic E-state index is 0.589. The Morgan fingerprint density at radius 1 is 1.11 bits per heavy atom. The fourth-order valence-corrected chi connectivity index (χ4v) is 4.55. The van der Waals surface area contributed by atoms with Gasteiger partial charge in [0.15, 0.2) is 16.6 Å². The van der Waals surface area contributed by atoms with Crippen LogP contribution in [0.1, 0.15) is 43.2 Å². The summed E-state index contributed by atoms with van der Waals surface area (Å²) in [5, 5.41) is 4.57. The maximum absolute atomic E-state index is 5.68. The Bertz CT molecular complexity index is 639. The second-order valence-corrected chi connectivity index (χ2v) is 8.22. The fourth-order valence-electron chi connectivity index (χ4n) is 4.20. The quantitative estimate of drug-likeness (QED) is 0.749. The predicted octanol–water partition coefficient (Wildman–Crippen LogP) is 1.92. The molecule has 0 amide bonds. The van der Waals surface area contributed by atoms with Crippen molar-refractivity contribution in [2.75, 3.05) is 40.4 Å². The number of nitrogens with one attached hydrogen (secondary N) is 2. The molecular formula is C21H34N3O2S+. The van der Waals surface area contributed by atoms with Crippen molar-refractivity contribution in [1.29, 1.82) is 0 Å². The number of quaternary nitrogens is 1. The van der Waals surface area contributed by atoms with Crippen LogP contribution in [0.25, 0.3) is 0 Å². The first kappa shape index (κ1) is 20.2. The number of ether oxygens (including phenoxy) is 2. The molecule has 0 bridgehead atoms. The Labute approximate surface area is 169 Å². The van der Waals surface area contributed by atoms with Crippen LogP contribution in [0.5, 0.6) is 11.5 Å². The number of piperazine rings is 1. The highest BCUT2D eigenvalue weighted by molar-refractivity contribution is 7.80. The maximum Gasteiger partial charge on any atom is 0.169 e. The maximum atomic E-state index is 5.68. The third-order valence-electron chi connectivity index (χ3n) is 5.97. The van der Waals surface area contributed by atoms with Crippen LogP contribution < -0.4 is 19.7 Å². The smallest absolute Gasteiger partial charge is 0.169 e. The molecular weight excluding hydrogens is 358 g/mol. The number of benzene rings is 1. The molecule has 0 atom stereocenters. The zero-order valence-corrected chi connectivity index (χ0v) is 17.8. The lowest BCUT2D eigenvalue weighted by Gasteiger charge is -2.36. The van der Waals surface area contributed by atoms with Crippen molar-refractivity contribution in [2.45, 2.75) is 51.6 Å². The number of nitrogens with zero attached hydrogens (tertiary/aromatic N) is 1. The van der Waals surface area contributed by atoms with Crippen LogP contribution in [0, 0.1) is 6.92 Å². The van der Waals surface area contributed by atoms with Crippen LogP contribution in [0.15, 0.2) is 12.1 Å². The van der Waals surface area contributed by atoms with Gasteiger partial charge in [0, 0.05) is 11.6 Å². The third-order valence-corrected chi connectivity index (χ3v) is 6.35. The lowest BCUT2D eigenvalue weighted by Crippen LogP contribution is -3.13. The van der Waals surface area contributed by atoms with E-state index in [4.69, 9.17) is 21.7 Å². The topological polar surface area (TPSA) is 38.2 Å². The number of rotatable bonds is 5. The van der Waals surface area contributed by atoms with E-state index in [1.54, 1.807) is 19.1 Å². The average molecular weight is 393 g/mol. The molecule has 1 heterocycles. The minimum Gasteiger partial charge on any atom is -0.493 e. The number of methoxy groups -OCH3 is 2. The summed E-state index contributed by atoms with van der Waals surface area (Å²) >= 11 is 5.68. The van der Waals surface area contributed by atoms with E-state index in [1.165, 1.54) is 43.2 Å². The van der Waals surface area contributed by atoms with Gasteiger partial charge in [0.05, 0.1) is 40.4 Å². The summed E-state index contributed by atoms with van der Waals surface area (Å²) in [6.45, 7) is 7.44. The van der Waals surface area contributed by atoms with Gasteiger partial charge in [0.25, 0.3) is 0 Å². The molecule has 1 aromatic carbocycles.